The Morgan fingerprint density at radius 3 is 2.96 bits per heavy atom. The van der Waals surface area contributed by atoms with Crippen molar-refractivity contribution in [3.63, 3.8) is 0 Å². The summed E-state index contributed by atoms with van der Waals surface area (Å²) in [5.41, 5.74) is 1.20. The maximum absolute atomic E-state index is 12.4. The van der Waals surface area contributed by atoms with E-state index < -0.39 is 0 Å². The van der Waals surface area contributed by atoms with Crippen LogP contribution in [0, 0.1) is 0 Å². The number of carbonyl (C=O) groups excluding carboxylic acids is 1. The van der Waals surface area contributed by atoms with Gasteiger partial charge in [0.25, 0.3) is 0 Å². The molecule has 2 fully saturated rings. The van der Waals surface area contributed by atoms with Gasteiger partial charge in [-0.05, 0) is 25.3 Å². The molecule has 1 unspecified atom stereocenters. The maximum Gasteiger partial charge on any atom is 0.248 e. The summed E-state index contributed by atoms with van der Waals surface area (Å²) < 4.78 is 7.51. The van der Waals surface area contributed by atoms with Crippen LogP contribution in [-0.4, -0.2) is 64.6 Å². The molecule has 23 heavy (non-hydrogen) atoms. The zero-order valence-electron chi connectivity index (χ0n) is 13.4. The monoisotopic (exact) mass is 320 g/mol. The molecule has 0 N–H and O–H groups in total. The van der Waals surface area contributed by atoms with E-state index in [9.17, 15) is 4.79 Å². The van der Waals surface area contributed by atoms with Gasteiger partial charge in [0, 0.05) is 38.5 Å². The Bertz CT molecular complexity index is 549. The average Bonchev–Trinajstić information content (AvgIpc) is 3.27. The molecule has 0 spiro atoms. The summed E-state index contributed by atoms with van der Waals surface area (Å²) in [6, 6.07) is 2.70. The molecule has 1 aromatic heterocycles. The number of nitrogens with zero attached hydrogens (tertiary/aromatic N) is 4. The van der Waals surface area contributed by atoms with E-state index in [1.54, 1.807) is 0 Å². The number of amides is 1. The van der Waals surface area contributed by atoms with E-state index in [-0.39, 0.29) is 11.9 Å². The van der Waals surface area contributed by atoms with Crippen LogP contribution in [0.1, 0.15) is 37.4 Å². The number of hydrogen-bond acceptors (Lipinski definition) is 5. The molecule has 1 aromatic rings. The molecule has 0 saturated carbocycles. The molecule has 7 heteroatoms. The normalized spacial score (nSPS) is 26.4. The number of carbonyl (C=O) groups is 1. The van der Waals surface area contributed by atoms with Crippen molar-refractivity contribution in [1.82, 2.24) is 19.7 Å². The highest BCUT2D eigenvalue weighted by atomic mass is 16.7. The largest absolute Gasteiger partial charge is 0.381 e. The molecule has 0 aromatic carbocycles. The van der Waals surface area contributed by atoms with Gasteiger partial charge in [0.05, 0.1) is 31.3 Å². The molecule has 1 atom stereocenters. The van der Waals surface area contributed by atoms with Gasteiger partial charge < -0.3 is 4.74 Å². The van der Waals surface area contributed by atoms with Gasteiger partial charge in [0.2, 0.25) is 5.91 Å². The van der Waals surface area contributed by atoms with E-state index in [0.29, 0.717) is 25.6 Å². The predicted molar refractivity (Wildman–Crippen MR) is 82.4 cm³/mol. The molecule has 3 aliphatic rings. The van der Waals surface area contributed by atoms with Crippen LogP contribution in [-0.2, 0) is 20.9 Å². The summed E-state index contributed by atoms with van der Waals surface area (Å²) in [6.45, 7) is 4.82. The molecule has 126 valence electrons. The number of ether oxygens (including phenoxy) is 1. The molecule has 7 nitrogen and oxygen atoms in total. The zero-order chi connectivity index (χ0) is 15.6. The minimum Gasteiger partial charge on any atom is -0.381 e. The van der Waals surface area contributed by atoms with Crippen molar-refractivity contribution in [2.45, 2.75) is 44.3 Å². The second kappa shape index (κ2) is 6.59. The van der Waals surface area contributed by atoms with Gasteiger partial charge in [-0.25, -0.2) is 5.06 Å². The van der Waals surface area contributed by atoms with E-state index in [0.717, 1.165) is 45.6 Å². The lowest BCUT2D eigenvalue weighted by Crippen LogP contribution is -2.46. The highest BCUT2D eigenvalue weighted by molar-refractivity contribution is 5.75. The topological polar surface area (TPSA) is 59.8 Å². The number of hydroxylamine groups is 2. The fraction of sp³-hybridized carbons (Fsp3) is 0.750. The summed E-state index contributed by atoms with van der Waals surface area (Å²) >= 11 is 0. The van der Waals surface area contributed by atoms with E-state index in [1.165, 1.54) is 10.8 Å². The van der Waals surface area contributed by atoms with Gasteiger partial charge in [-0.15, -0.1) is 0 Å². The molecule has 0 aliphatic carbocycles. The van der Waals surface area contributed by atoms with Crippen molar-refractivity contribution in [2.75, 3.05) is 32.9 Å². The first-order chi connectivity index (χ1) is 11.3. The van der Waals surface area contributed by atoms with Gasteiger partial charge in [0.1, 0.15) is 0 Å². The molecular weight excluding hydrogens is 296 g/mol. The van der Waals surface area contributed by atoms with Crippen LogP contribution in [0.4, 0.5) is 0 Å². The van der Waals surface area contributed by atoms with Crippen LogP contribution < -0.4 is 0 Å². The predicted octanol–water partition coefficient (Wildman–Crippen LogP) is 0.973. The first-order valence-electron chi connectivity index (χ1n) is 8.59. The lowest BCUT2D eigenvalue weighted by atomic mass is 10.0. The van der Waals surface area contributed by atoms with Crippen LogP contribution in [0.2, 0.25) is 0 Å². The van der Waals surface area contributed by atoms with Crippen LogP contribution in [0.3, 0.4) is 0 Å². The van der Waals surface area contributed by atoms with E-state index in [2.05, 4.69) is 16.1 Å². The van der Waals surface area contributed by atoms with Crippen LogP contribution in [0.25, 0.3) is 0 Å². The minimum atomic E-state index is 0.0720. The fourth-order valence-corrected chi connectivity index (χ4v) is 3.84. The average molecular weight is 320 g/mol. The lowest BCUT2D eigenvalue weighted by Gasteiger charge is -2.40. The first-order valence-corrected chi connectivity index (χ1v) is 8.59. The van der Waals surface area contributed by atoms with Crippen molar-refractivity contribution >= 4 is 5.91 Å². The summed E-state index contributed by atoms with van der Waals surface area (Å²) in [5, 5.41) is 5.98. The molecule has 0 radical (unpaired) electrons. The van der Waals surface area contributed by atoms with Crippen molar-refractivity contribution in [1.29, 1.82) is 0 Å². The summed E-state index contributed by atoms with van der Waals surface area (Å²) in [4.78, 5) is 20.3. The number of aromatic nitrogens is 2. The highest BCUT2D eigenvalue weighted by Gasteiger charge is 2.33. The van der Waals surface area contributed by atoms with E-state index in [4.69, 9.17) is 9.57 Å². The van der Waals surface area contributed by atoms with E-state index >= 15 is 0 Å². The molecule has 1 amide bonds. The third-order valence-electron chi connectivity index (χ3n) is 5.06. The minimum absolute atomic E-state index is 0.0720. The van der Waals surface area contributed by atoms with Gasteiger partial charge >= 0.3 is 0 Å². The molecular formula is C16H24N4O3. The van der Waals surface area contributed by atoms with Crippen molar-refractivity contribution < 1.29 is 14.4 Å². The summed E-state index contributed by atoms with van der Waals surface area (Å²) in [5.74, 6) is 0.0720. The third kappa shape index (κ3) is 3.13. The van der Waals surface area contributed by atoms with Crippen molar-refractivity contribution in [3.8, 4) is 0 Å². The second-order valence-electron chi connectivity index (χ2n) is 6.58. The standard InChI is InChI=1S/C16H24N4O3/c21-16(19-6-1-7-23-19)10-15-12-18(13-3-8-22-9-4-13)11-14-2-5-17-20(14)15/h2,5,13,15H,1,3-4,6-12H2. The van der Waals surface area contributed by atoms with Gasteiger partial charge in [-0.1, -0.05) is 0 Å². The van der Waals surface area contributed by atoms with Gasteiger partial charge in [0.15, 0.2) is 0 Å². The first kappa shape index (κ1) is 15.1. The summed E-state index contributed by atoms with van der Waals surface area (Å²) in [6.07, 6.45) is 5.37. The zero-order valence-corrected chi connectivity index (χ0v) is 13.4. The van der Waals surface area contributed by atoms with E-state index in [1.807, 2.05) is 10.9 Å². The second-order valence-corrected chi connectivity index (χ2v) is 6.58. The molecule has 0 bridgehead atoms. The molecule has 2 saturated heterocycles. The Balaban J connectivity index is 1.47. The smallest absolute Gasteiger partial charge is 0.248 e. The van der Waals surface area contributed by atoms with Gasteiger partial charge in [-0.2, -0.15) is 5.10 Å². The lowest BCUT2D eigenvalue weighted by molar-refractivity contribution is -0.170. The van der Waals surface area contributed by atoms with Crippen LogP contribution in [0.5, 0.6) is 0 Å². The summed E-state index contributed by atoms with van der Waals surface area (Å²) in [7, 11) is 0. The van der Waals surface area contributed by atoms with Crippen molar-refractivity contribution in [3.05, 3.63) is 18.0 Å². The Kier molecular flexibility index (Phi) is 4.33. The van der Waals surface area contributed by atoms with Gasteiger partial charge in [-0.3, -0.25) is 19.2 Å². The number of hydrogen-bond donors (Lipinski definition) is 0. The molecule has 4 heterocycles. The number of fused-ring (bicyclic) bond motifs is 1. The molecule has 4 rings (SSSR count). The SMILES string of the molecule is O=C(CC1CN(C2CCOCC2)Cc2ccnn21)N1CCCO1. The van der Waals surface area contributed by atoms with Crippen LogP contribution >= 0.6 is 0 Å². The maximum atomic E-state index is 12.4. The Morgan fingerprint density at radius 1 is 1.30 bits per heavy atom. The quantitative estimate of drug-likeness (QED) is 0.831. The van der Waals surface area contributed by atoms with Crippen molar-refractivity contribution in [2.24, 2.45) is 0 Å². The van der Waals surface area contributed by atoms with Crippen LogP contribution in [0.15, 0.2) is 12.3 Å². The third-order valence-corrected chi connectivity index (χ3v) is 5.06. The number of rotatable bonds is 3. The fourth-order valence-electron chi connectivity index (χ4n) is 3.84. The Labute approximate surface area is 136 Å². The highest BCUT2D eigenvalue weighted by Crippen LogP contribution is 2.28. The molecule has 3 aliphatic heterocycles. The Morgan fingerprint density at radius 2 is 2.17 bits per heavy atom. The Hall–Kier alpha value is -1.44.